The first-order valence-electron chi connectivity index (χ1n) is 16.8. The van der Waals surface area contributed by atoms with Crippen LogP contribution in [-0.4, -0.2) is 110 Å². The van der Waals surface area contributed by atoms with Gasteiger partial charge >= 0.3 is 5.97 Å². The van der Waals surface area contributed by atoms with Crippen molar-refractivity contribution in [3.63, 3.8) is 0 Å². The number of hydrogen-bond acceptors (Lipinski definition) is 12. The summed E-state index contributed by atoms with van der Waals surface area (Å²) in [4.78, 5) is 12.9. The van der Waals surface area contributed by atoms with Crippen molar-refractivity contribution in [1.29, 1.82) is 0 Å². The molecule has 3 rings (SSSR count). The first-order valence-corrected chi connectivity index (χ1v) is 16.8. The lowest BCUT2D eigenvalue weighted by molar-refractivity contribution is -0.312. The van der Waals surface area contributed by atoms with E-state index in [1.54, 1.807) is 6.07 Å². The molecule has 1 unspecified atom stereocenters. The molecule has 2 aliphatic rings. The van der Waals surface area contributed by atoms with E-state index in [9.17, 15) is 45.6 Å². The number of aromatic carboxylic acids is 1. The van der Waals surface area contributed by atoms with Crippen molar-refractivity contribution in [3.05, 3.63) is 46.1 Å². The molecule has 2 saturated heterocycles. The summed E-state index contributed by atoms with van der Waals surface area (Å²) in [5.74, 6) is -3.13. The van der Waals surface area contributed by atoms with Crippen LogP contribution in [0.15, 0.2) is 29.4 Å². The number of carboxylic acid groups (broad SMARTS) is 1. The van der Waals surface area contributed by atoms with Crippen LogP contribution in [0.3, 0.4) is 0 Å². The Bertz CT molecular complexity index is 1240. The SMILES string of the molecule is CCCCCCc1cc(OC2O[C@H](O)[C@@H](O)[C@H](O)[C@H]2CO)c(C/C=C(\C)CCC=C(C)C)c(OC[C@H]2CO[C@H](O)[C@@H](O)[C@@H]2O)c1C(=O)O. The summed E-state index contributed by atoms with van der Waals surface area (Å²) in [5, 5.41) is 82.2. The monoisotopic (exact) mass is 682 g/mol. The topological polar surface area (TPSA) is 216 Å². The summed E-state index contributed by atoms with van der Waals surface area (Å²) in [7, 11) is 0. The number of rotatable bonds is 17. The van der Waals surface area contributed by atoms with Crippen LogP contribution in [0.2, 0.25) is 0 Å². The van der Waals surface area contributed by atoms with Crippen molar-refractivity contribution in [2.75, 3.05) is 19.8 Å². The van der Waals surface area contributed by atoms with Gasteiger partial charge in [0.25, 0.3) is 0 Å². The molecule has 0 aliphatic carbocycles. The number of allylic oxidation sites excluding steroid dienone is 4. The van der Waals surface area contributed by atoms with Crippen molar-refractivity contribution in [1.82, 2.24) is 0 Å². The first kappa shape index (κ1) is 39.8. The number of aliphatic hydroxyl groups excluding tert-OH is 7. The number of hydrogen-bond donors (Lipinski definition) is 8. The lowest BCUT2D eigenvalue weighted by Gasteiger charge is -2.40. The van der Waals surface area contributed by atoms with Gasteiger partial charge in [-0.25, -0.2) is 4.79 Å². The summed E-state index contributed by atoms with van der Waals surface area (Å²) < 4.78 is 23.1. The molecule has 9 atom stereocenters. The largest absolute Gasteiger partial charge is 0.492 e. The van der Waals surface area contributed by atoms with Gasteiger partial charge in [-0.1, -0.05) is 49.5 Å². The van der Waals surface area contributed by atoms with Crippen LogP contribution in [0, 0.1) is 11.8 Å². The molecule has 272 valence electrons. The summed E-state index contributed by atoms with van der Waals surface area (Å²) >= 11 is 0. The normalized spacial score (nSPS) is 29.4. The first-order chi connectivity index (χ1) is 22.8. The number of carboxylic acids is 1. The second-order valence-corrected chi connectivity index (χ2v) is 13.0. The van der Waals surface area contributed by atoms with Crippen molar-refractivity contribution in [2.24, 2.45) is 11.8 Å². The molecule has 13 heteroatoms. The Hall–Kier alpha value is -2.59. The third-order valence-corrected chi connectivity index (χ3v) is 8.89. The fraction of sp³-hybridized carbons (Fsp3) is 0.686. The van der Waals surface area contributed by atoms with Gasteiger partial charge in [-0.15, -0.1) is 0 Å². The lowest BCUT2D eigenvalue weighted by atomic mass is 9.93. The molecule has 2 heterocycles. The molecule has 48 heavy (non-hydrogen) atoms. The molecule has 0 aromatic heterocycles. The number of benzene rings is 1. The fourth-order valence-electron chi connectivity index (χ4n) is 5.86. The number of aliphatic hydroxyl groups is 7. The van der Waals surface area contributed by atoms with E-state index < -0.39 is 67.7 Å². The molecule has 0 amide bonds. The van der Waals surface area contributed by atoms with Gasteiger partial charge in [0.1, 0.15) is 29.3 Å². The van der Waals surface area contributed by atoms with Crippen LogP contribution in [0.1, 0.15) is 87.7 Å². The van der Waals surface area contributed by atoms with Crippen LogP contribution >= 0.6 is 0 Å². The Morgan fingerprint density at radius 1 is 0.958 bits per heavy atom. The molecule has 0 spiro atoms. The van der Waals surface area contributed by atoms with E-state index in [0.717, 1.165) is 37.7 Å². The minimum absolute atomic E-state index is 0.0378. The van der Waals surface area contributed by atoms with E-state index >= 15 is 0 Å². The highest BCUT2D eigenvalue weighted by Crippen LogP contribution is 2.40. The van der Waals surface area contributed by atoms with Gasteiger partial charge in [0.15, 0.2) is 12.6 Å². The summed E-state index contributed by atoms with van der Waals surface area (Å²) in [6.45, 7) is 6.95. The zero-order chi connectivity index (χ0) is 35.5. The second-order valence-electron chi connectivity index (χ2n) is 13.0. The van der Waals surface area contributed by atoms with Crippen molar-refractivity contribution >= 4 is 5.97 Å². The van der Waals surface area contributed by atoms with E-state index in [1.807, 2.05) is 26.8 Å². The molecular formula is C35H54O13. The van der Waals surface area contributed by atoms with Crippen LogP contribution in [0.4, 0.5) is 0 Å². The third kappa shape index (κ3) is 10.5. The minimum atomic E-state index is -1.81. The van der Waals surface area contributed by atoms with Gasteiger partial charge in [0.2, 0.25) is 6.29 Å². The Morgan fingerprint density at radius 2 is 1.67 bits per heavy atom. The highest BCUT2D eigenvalue weighted by atomic mass is 16.7. The molecule has 1 aromatic rings. The Labute approximate surface area is 282 Å². The third-order valence-electron chi connectivity index (χ3n) is 8.89. The highest BCUT2D eigenvalue weighted by Gasteiger charge is 2.45. The van der Waals surface area contributed by atoms with Gasteiger partial charge in [-0.3, -0.25) is 0 Å². The standard InChI is InChI=1S/C35H54O13/c1-5-6-7-8-12-21-15-25(47-35-24(16-36)28(38)30(40)34(44)48-35)23(14-13-20(4)11-9-10-19(2)3)31(26(21)32(41)42)45-17-22-18-46-33(43)29(39)27(22)37/h10,13,15,22,24,27-30,33-40,43-44H,5-9,11-12,14,16-18H2,1-4H3,(H,41,42)/b20-13+/t22-,24+,27+,28+,29-,30-,33-,34-,35?/m0/s1. The summed E-state index contributed by atoms with van der Waals surface area (Å²) in [5.41, 5.74) is 2.78. The van der Waals surface area contributed by atoms with Gasteiger partial charge < -0.3 is 59.8 Å². The maximum absolute atomic E-state index is 12.9. The van der Waals surface area contributed by atoms with Gasteiger partial charge in [-0.2, -0.15) is 0 Å². The van der Waals surface area contributed by atoms with Crippen molar-refractivity contribution in [2.45, 2.75) is 122 Å². The number of aryl methyl sites for hydroxylation is 1. The summed E-state index contributed by atoms with van der Waals surface area (Å²) in [6, 6.07) is 1.57. The minimum Gasteiger partial charge on any atom is -0.492 e. The molecular weight excluding hydrogens is 628 g/mol. The van der Waals surface area contributed by atoms with E-state index in [-0.39, 0.29) is 36.7 Å². The maximum Gasteiger partial charge on any atom is 0.339 e. The number of carbonyl (C=O) groups is 1. The highest BCUT2D eigenvalue weighted by molar-refractivity contribution is 5.94. The number of unbranched alkanes of at least 4 members (excludes halogenated alkanes) is 3. The summed E-state index contributed by atoms with van der Waals surface area (Å²) in [6.07, 6.45) is -1.61. The lowest BCUT2D eigenvalue weighted by Crippen LogP contribution is -2.57. The Morgan fingerprint density at radius 3 is 2.31 bits per heavy atom. The van der Waals surface area contributed by atoms with E-state index in [2.05, 4.69) is 13.0 Å². The van der Waals surface area contributed by atoms with Crippen LogP contribution < -0.4 is 9.47 Å². The second kappa shape index (κ2) is 19.0. The maximum atomic E-state index is 12.9. The average Bonchev–Trinajstić information content (AvgIpc) is 3.03. The Kier molecular flexibility index (Phi) is 15.8. The van der Waals surface area contributed by atoms with Crippen molar-refractivity contribution in [3.8, 4) is 11.5 Å². The van der Waals surface area contributed by atoms with Crippen LogP contribution in [-0.2, 0) is 22.3 Å². The molecule has 13 nitrogen and oxygen atoms in total. The molecule has 2 aliphatic heterocycles. The zero-order valence-electron chi connectivity index (χ0n) is 28.3. The number of ether oxygens (including phenoxy) is 4. The Balaban J connectivity index is 2.15. The molecule has 2 fully saturated rings. The van der Waals surface area contributed by atoms with E-state index in [1.165, 1.54) is 5.57 Å². The molecule has 1 aromatic carbocycles. The molecule has 8 N–H and O–H groups in total. The zero-order valence-corrected chi connectivity index (χ0v) is 28.3. The molecule has 0 radical (unpaired) electrons. The predicted molar refractivity (Wildman–Crippen MR) is 174 cm³/mol. The van der Waals surface area contributed by atoms with Crippen molar-refractivity contribution < 1.29 is 64.6 Å². The smallest absolute Gasteiger partial charge is 0.339 e. The average molecular weight is 683 g/mol. The van der Waals surface area contributed by atoms with E-state index in [4.69, 9.17) is 18.9 Å². The quantitative estimate of drug-likeness (QED) is 0.0875. The fourth-order valence-corrected chi connectivity index (χ4v) is 5.86. The van der Waals surface area contributed by atoms with Gasteiger partial charge in [0, 0.05) is 11.5 Å². The van der Waals surface area contributed by atoms with Crippen LogP contribution in [0.5, 0.6) is 11.5 Å². The molecule has 0 saturated carbocycles. The van der Waals surface area contributed by atoms with E-state index in [0.29, 0.717) is 24.0 Å². The van der Waals surface area contributed by atoms with Gasteiger partial charge in [0.05, 0.1) is 37.9 Å². The molecule has 0 bridgehead atoms. The predicted octanol–water partition coefficient (Wildman–Crippen LogP) is 2.19. The van der Waals surface area contributed by atoms with Crippen LogP contribution in [0.25, 0.3) is 0 Å². The van der Waals surface area contributed by atoms with Gasteiger partial charge in [-0.05, 0) is 64.5 Å².